The van der Waals surface area contributed by atoms with Gasteiger partial charge in [0.25, 0.3) is 10.0 Å². The molecule has 5 nitrogen and oxygen atoms in total. The average molecular weight is 333 g/mol. The lowest BCUT2D eigenvalue weighted by Gasteiger charge is -2.07. The fraction of sp³-hybridized carbons (Fsp3) is 0.188. The summed E-state index contributed by atoms with van der Waals surface area (Å²) in [7, 11) is -3.91. The quantitative estimate of drug-likeness (QED) is 0.795. The Kier molecular flexibility index (Phi) is 3.91. The van der Waals surface area contributed by atoms with Crippen LogP contribution in [-0.2, 0) is 10.0 Å². The summed E-state index contributed by atoms with van der Waals surface area (Å²) in [4.78, 5) is 4.17. The molecule has 1 aromatic carbocycles. The zero-order chi connectivity index (χ0) is 16.6. The number of hydrogen-bond acceptors (Lipinski definition) is 4. The summed E-state index contributed by atoms with van der Waals surface area (Å²) in [6, 6.07) is 8.28. The molecule has 0 saturated heterocycles. The van der Waals surface area contributed by atoms with Gasteiger partial charge in [-0.05, 0) is 42.8 Å². The molecule has 3 aromatic rings. The third kappa shape index (κ3) is 2.62. The SMILES string of the molecule is CC(CN)c1cn(S(=O)(=O)c2cccc(F)c2)c2cccnc12. The van der Waals surface area contributed by atoms with E-state index in [0.29, 0.717) is 17.6 Å². The van der Waals surface area contributed by atoms with E-state index in [1.807, 2.05) is 6.92 Å². The van der Waals surface area contributed by atoms with E-state index >= 15 is 0 Å². The molecule has 2 aromatic heterocycles. The van der Waals surface area contributed by atoms with Gasteiger partial charge in [0.2, 0.25) is 0 Å². The van der Waals surface area contributed by atoms with Gasteiger partial charge in [0.15, 0.2) is 0 Å². The molecule has 1 atom stereocenters. The highest BCUT2D eigenvalue weighted by molar-refractivity contribution is 7.90. The molecule has 0 fully saturated rings. The summed E-state index contributed by atoms with van der Waals surface area (Å²) in [5.41, 5.74) is 7.50. The third-order valence-electron chi connectivity index (χ3n) is 3.79. The monoisotopic (exact) mass is 333 g/mol. The lowest BCUT2D eigenvalue weighted by Crippen LogP contribution is -2.12. The fourth-order valence-corrected chi connectivity index (χ4v) is 3.88. The Morgan fingerprint density at radius 3 is 2.78 bits per heavy atom. The Morgan fingerprint density at radius 2 is 2.09 bits per heavy atom. The first-order valence-electron chi connectivity index (χ1n) is 7.12. The average Bonchev–Trinajstić information content (AvgIpc) is 2.94. The van der Waals surface area contributed by atoms with Crippen molar-refractivity contribution in [1.29, 1.82) is 0 Å². The summed E-state index contributed by atoms with van der Waals surface area (Å²) < 4.78 is 40.3. The Bertz CT molecular complexity index is 966. The minimum Gasteiger partial charge on any atom is -0.330 e. The maximum Gasteiger partial charge on any atom is 0.268 e. The van der Waals surface area contributed by atoms with E-state index in [1.165, 1.54) is 24.4 Å². The summed E-state index contributed by atoms with van der Waals surface area (Å²) in [5.74, 6) is -0.646. The standard InChI is InChI=1S/C16H16FN3O2S/c1-11(9-18)14-10-20(15-6-3-7-19-16(14)15)23(21,22)13-5-2-4-12(17)8-13/h2-8,10-11H,9,18H2,1H3. The first-order chi connectivity index (χ1) is 10.9. The van der Waals surface area contributed by atoms with Gasteiger partial charge in [0.05, 0.1) is 15.9 Å². The first kappa shape index (κ1) is 15.6. The molecule has 2 N–H and O–H groups in total. The largest absolute Gasteiger partial charge is 0.330 e. The molecule has 0 aliphatic rings. The van der Waals surface area contributed by atoms with Gasteiger partial charge in [-0.2, -0.15) is 0 Å². The number of nitrogens with zero attached hydrogens (tertiary/aromatic N) is 2. The minimum absolute atomic E-state index is 0.0450. The van der Waals surface area contributed by atoms with Crippen molar-refractivity contribution >= 4 is 21.1 Å². The van der Waals surface area contributed by atoms with Gasteiger partial charge in [-0.15, -0.1) is 0 Å². The van der Waals surface area contributed by atoms with Crippen molar-refractivity contribution in [3.8, 4) is 0 Å². The molecule has 23 heavy (non-hydrogen) atoms. The highest BCUT2D eigenvalue weighted by atomic mass is 32.2. The van der Waals surface area contributed by atoms with E-state index in [9.17, 15) is 12.8 Å². The van der Waals surface area contributed by atoms with Crippen LogP contribution < -0.4 is 5.73 Å². The van der Waals surface area contributed by atoms with E-state index in [-0.39, 0.29) is 10.8 Å². The molecule has 0 amide bonds. The molecule has 2 heterocycles. The predicted octanol–water partition coefficient (Wildman–Crippen LogP) is 2.47. The number of nitrogens with two attached hydrogens (primary N) is 1. The molecule has 120 valence electrons. The van der Waals surface area contributed by atoms with E-state index in [2.05, 4.69) is 4.98 Å². The summed E-state index contributed by atoms with van der Waals surface area (Å²) >= 11 is 0. The smallest absolute Gasteiger partial charge is 0.268 e. The lowest BCUT2D eigenvalue weighted by molar-refractivity contribution is 0.584. The van der Waals surface area contributed by atoms with Crippen LogP contribution in [0.5, 0.6) is 0 Å². The third-order valence-corrected chi connectivity index (χ3v) is 5.46. The number of benzene rings is 1. The van der Waals surface area contributed by atoms with Crippen molar-refractivity contribution in [2.24, 2.45) is 5.73 Å². The van der Waals surface area contributed by atoms with Crippen molar-refractivity contribution in [3.63, 3.8) is 0 Å². The topological polar surface area (TPSA) is 78.0 Å². The summed E-state index contributed by atoms with van der Waals surface area (Å²) in [5, 5.41) is 0. The molecule has 0 aliphatic heterocycles. The zero-order valence-electron chi connectivity index (χ0n) is 12.5. The number of rotatable bonds is 4. The highest BCUT2D eigenvalue weighted by Crippen LogP contribution is 2.28. The summed E-state index contributed by atoms with van der Waals surface area (Å²) in [6.07, 6.45) is 3.13. The van der Waals surface area contributed by atoms with Crippen LogP contribution in [0, 0.1) is 5.82 Å². The molecule has 0 spiro atoms. The second kappa shape index (κ2) is 5.75. The van der Waals surface area contributed by atoms with Gasteiger partial charge in [0.1, 0.15) is 5.82 Å². The number of aromatic nitrogens is 2. The van der Waals surface area contributed by atoms with Crippen molar-refractivity contribution in [2.75, 3.05) is 6.54 Å². The van der Waals surface area contributed by atoms with Crippen molar-refractivity contribution in [2.45, 2.75) is 17.7 Å². The van der Waals surface area contributed by atoms with Crippen molar-refractivity contribution < 1.29 is 12.8 Å². The predicted molar refractivity (Wildman–Crippen MR) is 86.2 cm³/mol. The molecule has 1 unspecified atom stereocenters. The van der Waals surface area contributed by atoms with Crippen LogP contribution in [0.25, 0.3) is 11.0 Å². The molecule has 7 heteroatoms. The van der Waals surface area contributed by atoms with Crippen LogP contribution in [0.1, 0.15) is 18.4 Å². The lowest BCUT2D eigenvalue weighted by atomic mass is 10.0. The number of pyridine rings is 1. The van der Waals surface area contributed by atoms with Gasteiger partial charge in [-0.3, -0.25) is 4.98 Å². The van der Waals surface area contributed by atoms with Crippen LogP contribution in [-0.4, -0.2) is 23.9 Å². The van der Waals surface area contributed by atoms with Gasteiger partial charge >= 0.3 is 0 Å². The fourth-order valence-electron chi connectivity index (χ4n) is 2.48. The van der Waals surface area contributed by atoms with E-state index in [4.69, 9.17) is 5.73 Å². The van der Waals surface area contributed by atoms with Crippen molar-refractivity contribution in [3.05, 3.63) is 60.2 Å². The van der Waals surface area contributed by atoms with Gasteiger partial charge < -0.3 is 5.73 Å². The van der Waals surface area contributed by atoms with E-state index in [1.54, 1.807) is 18.3 Å². The molecular weight excluding hydrogens is 317 g/mol. The summed E-state index contributed by atoms with van der Waals surface area (Å²) in [6.45, 7) is 2.28. The maximum atomic E-state index is 13.4. The maximum absolute atomic E-state index is 13.4. The molecule has 0 radical (unpaired) electrons. The first-order valence-corrected chi connectivity index (χ1v) is 8.56. The number of halogens is 1. The Morgan fingerprint density at radius 1 is 1.30 bits per heavy atom. The van der Waals surface area contributed by atoms with Gasteiger partial charge in [-0.1, -0.05) is 13.0 Å². The molecule has 3 rings (SSSR count). The van der Waals surface area contributed by atoms with Crippen LogP contribution >= 0.6 is 0 Å². The minimum atomic E-state index is -3.91. The number of hydrogen-bond donors (Lipinski definition) is 1. The van der Waals surface area contributed by atoms with E-state index < -0.39 is 15.8 Å². The second-order valence-electron chi connectivity index (χ2n) is 5.35. The Hall–Kier alpha value is -2.25. The molecular formula is C16H16FN3O2S. The molecule has 0 saturated carbocycles. The van der Waals surface area contributed by atoms with Crippen molar-refractivity contribution in [1.82, 2.24) is 8.96 Å². The molecule has 0 aliphatic carbocycles. The Balaban J connectivity index is 2.28. The second-order valence-corrected chi connectivity index (χ2v) is 7.17. The van der Waals surface area contributed by atoms with E-state index in [0.717, 1.165) is 15.6 Å². The van der Waals surface area contributed by atoms with Crippen LogP contribution in [0.4, 0.5) is 4.39 Å². The Labute approximate surface area is 133 Å². The van der Waals surface area contributed by atoms with Crippen LogP contribution in [0.15, 0.2) is 53.7 Å². The van der Waals surface area contributed by atoms with Gasteiger partial charge in [-0.25, -0.2) is 16.8 Å². The zero-order valence-corrected chi connectivity index (χ0v) is 13.3. The molecule has 0 bridgehead atoms. The van der Waals surface area contributed by atoms with Crippen LogP contribution in [0.2, 0.25) is 0 Å². The van der Waals surface area contributed by atoms with Crippen LogP contribution in [0.3, 0.4) is 0 Å². The normalized spacial score (nSPS) is 13.3. The highest BCUT2D eigenvalue weighted by Gasteiger charge is 2.23. The number of fused-ring (bicyclic) bond motifs is 1. The van der Waals surface area contributed by atoms with Gasteiger partial charge in [0, 0.05) is 18.0 Å².